The Balaban J connectivity index is 1.68. The molecule has 2 aromatic rings. The summed E-state index contributed by atoms with van der Waals surface area (Å²) in [5.74, 6) is 0. The van der Waals surface area contributed by atoms with Crippen molar-refractivity contribution in [2.75, 3.05) is 13.1 Å². The molecule has 0 fully saturated rings. The maximum Gasteiger partial charge on any atom is 0.250 e. The van der Waals surface area contributed by atoms with Gasteiger partial charge in [-0.2, -0.15) is 5.10 Å². The number of aromatic nitrogens is 2. The molecule has 0 atom stereocenters. The van der Waals surface area contributed by atoms with Crippen LogP contribution in [-0.4, -0.2) is 36.2 Å². The Morgan fingerprint density at radius 2 is 2.17 bits per heavy atom. The zero-order valence-electron chi connectivity index (χ0n) is 14.2. The molecule has 0 aliphatic carbocycles. The minimum absolute atomic E-state index is 0.229. The zero-order valence-corrected chi connectivity index (χ0v) is 15.8. The summed E-state index contributed by atoms with van der Waals surface area (Å²) in [4.78, 5) is 3.42. The van der Waals surface area contributed by atoms with Gasteiger partial charge in [0.1, 0.15) is 4.21 Å². The molecule has 1 aliphatic rings. The van der Waals surface area contributed by atoms with Gasteiger partial charge in [-0.3, -0.25) is 9.58 Å². The molecular formula is C16H24N4O2S2. The average molecular weight is 369 g/mol. The summed E-state index contributed by atoms with van der Waals surface area (Å²) >= 11 is 1.28. The van der Waals surface area contributed by atoms with Crippen LogP contribution in [-0.2, 0) is 29.7 Å². The Hall–Kier alpha value is -1.22. The van der Waals surface area contributed by atoms with Crippen molar-refractivity contribution in [2.45, 2.75) is 50.5 Å². The van der Waals surface area contributed by atoms with E-state index < -0.39 is 10.0 Å². The van der Waals surface area contributed by atoms with E-state index in [4.69, 9.17) is 0 Å². The first-order chi connectivity index (χ1) is 11.5. The van der Waals surface area contributed by atoms with Gasteiger partial charge in [0.25, 0.3) is 0 Å². The molecular weight excluding hydrogens is 344 g/mol. The zero-order chi connectivity index (χ0) is 17.2. The first-order valence-corrected chi connectivity index (χ1v) is 10.6. The van der Waals surface area contributed by atoms with Gasteiger partial charge in [-0.25, -0.2) is 13.1 Å². The fourth-order valence-corrected chi connectivity index (χ4v) is 5.30. The fraction of sp³-hybridized carbons (Fsp3) is 0.562. The lowest BCUT2D eigenvalue weighted by molar-refractivity contribution is 0.270. The summed E-state index contributed by atoms with van der Waals surface area (Å²) in [5.41, 5.74) is 1.95. The molecule has 1 N–H and O–H groups in total. The number of aryl methyl sites for hydroxylation is 2. The lowest BCUT2D eigenvalue weighted by atomic mass is 10.3. The second kappa shape index (κ2) is 7.35. The number of nitrogens with one attached hydrogen (secondary N) is 1. The lowest BCUT2D eigenvalue weighted by Gasteiger charge is -2.17. The number of thiophene rings is 1. The monoisotopic (exact) mass is 368 g/mol. The molecule has 0 radical (unpaired) electrons. The maximum absolute atomic E-state index is 12.3. The van der Waals surface area contributed by atoms with E-state index in [9.17, 15) is 8.42 Å². The van der Waals surface area contributed by atoms with Crippen LogP contribution in [0, 0.1) is 6.92 Å². The SMILES string of the molecule is CCCN1CCCn2nc(CNS(=O)(=O)c3ccc(C)s3)cc2C1. The van der Waals surface area contributed by atoms with Crippen molar-refractivity contribution in [1.29, 1.82) is 0 Å². The smallest absolute Gasteiger partial charge is 0.250 e. The van der Waals surface area contributed by atoms with Gasteiger partial charge in [0.2, 0.25) is 10.0 Å². The van der Waals surface area contributed by atoms with Gasteiger partial charge in [0.15, 0.2) is 0 Å². The Morgan fingerprint density at radius 3 is 2.88 bits per heavy atom. The third-order valence-corrected chi connectivity index (χ3v) is 7.00. The maximum atomic E-state index is 12.3. The molecule has 0 unspecified atom stereocenters. The van der Waals surface area contributed by atoms with Crippen molar-refractivity contribution in [2.24, 2.45) is 0 Å². The highest BCUT2D eigenvalue weighted by Crippen LogP contribution is 2.21. The van der Waals surface area contributed by atoms with Crippen LogP contribution in [0.15, 0.2) is 22.4 Å². The van der Waals surface area contributed by atoms with Crippen LogP contribution in [0.25, 0.3) is 0 Å². The Labute approximate surface area is 147 Å². The third-order valence-electron chi connectivity index (χ3n) is 4.11. The molecule has 0 saturated carbocycles. The van der Waals surface area contributed by atoms with E-state index in [1.807, 2.05) is 23.7 Å². The molecule has 3 heterocycles. The molecule has 0 saturated heterocycles. The van der Waals surface area contributed by atoms with Gasteiger partial charge in [0, 0.05) is 24.5 Å². The molecule has 1 aliphatic heterocycles. The first kappa shape index (κ1) is 17.6. The number of hydrogen-bond acceptors (Lipinski definition) is 5. The second-order valence-corrected chi connectivity index (χ2v) is 9.45. The van der Waals surface area contributed by atoms with E-state index in [0.29, 0.717) is 4.21 Å². The van der Waals surface area contributed by atoms with E-state index in [1.54, 1.807) is 6.07 Å². The second-order valence-electron chi connectivity index (χ2n) is 6.17. The number of hydrogen-bond donors (Lipinski definition) is 1. The fourth-order valence-electron chi connectivity index (χ4n) is 2.98. The van der Waals surface area contributed by atoms with E-state index in [2.05, 4.69) is 21.6 Å². The summed E-state index contributed by atoms with van der Waals surface area (Å²) < 4.78 is 29.7. The number of nitrogens with zero attached hydrogens (tertiary/aromatic N) is 3. The van der Waals surface area contributed by atoms with Gasteiger partial charge in [-0.05, 0) is 44.5 Å². The number of rotatable bonds is 6. The Kier molecular flexibility index (Phi) is 5.39. The minimum Gasteiger partial charge on any atom is -0.297 e. The van der Waals surface area contributed by atoms with Crippen LogP contribution < -0.4 is 4.72 Å². The Morgan fingerprint density at radius 1 is 1.33 bits per heavy atom. The summed E-state index contributed by atoms with van der Waals surface area (Å²) in [7, 11) is -3.46. The van der Waals surface area contributed by atoms with Crippen molar-refractivity contribution in [3.63, 3.8) is 0 Å². The topological polar surface area (TPSA) is 67.2 Å². The quantitative estimate of drug-likeness (QED) is 0.850. The predicted octanol–water partition coefficient (Wildman–Crippen LogP) is 2.35. The summed E-state index contributed by atoms with van der Waals surface area (Å²) in [6, 6.07) is 5.49. The third kappa shape index (κ3) is 4.05. The van der Waals surface area contributed by atoms with Crippen molar-refractivity contribution < 1.29 is 8.42 Å². The van der Waals surface area contributed by atoms with E-state index in [-0.39, 0.29) is 6.54 Å². The van der Waals surface area contributed by atoms with Gasteiger partial charge in [-0.15, -0.1) is 11.3 Å². The molecule has 24 heavy (non-hydrogen) atoms. The average Bonchev–Trinajstić information content (AvgIpc) is 3.09. The Bertz CT molecular complexity index is 795. The van der Waals surface area contributed by atoms with Crippen LogP contribution >= 0.6 is 11.3 Å². The van der Waals surface area contributed by atoms with E-state index in [1.165, 1.54) is 17.0 Å². The van der Waals surface area contributed by atoms with Crippen LogP contribution in [0.1, 0.15) is 36.0 Å². The highest BCUT2D eigenvalue weighted by molar-refractivity contribution is 7.91. The van der Waals surface area contributed by atoms with Gasteiger partial charge in [-0.1, -0.05) is 6.92 Å². The molecule has 0 bridgehead atoms. The largest absolute Gasteiger partial charge is 0.297 e. The number of sulfonamides is 1. The molecule has 2 aromatic heterocycles. The molecule has 0 spiro atoms. The van der Waals surface area contributed by atoms with Gasteiger partial charge < -0.3 is 0 Å². The van der Waals surface area contributed by atoms with E-state index in [0.717, 1.165) is 49.6 Å². The van der Waals surface area contributed by atoms with Crippen LogP contribution in [0.2, 0.25) is 0 Å². The molecule has 0 aromatic carbocycles. The van der Waals surface area contributed by atoms with Crippen molar-refractivity contribution in [3.05, 3.63) is 34.5 Å². The predicted molar refractivity (Wildman–Crippen MR) is 95.5 cm³/mol. The van der Waals surface area contributed by atoms with Crippen LogP contribution in [0.3, 0.4) is 0 Å². The highest BCUT2D eigenvalue weighted by Gasteiger charge is 2.19. The first-order valence-electron chi connectivity index (χ1n) is 8.32. The lowest BCUT2D eigenvalue weighted by Crippen LogP contribution is -2.24. The molecule has 8 heteroatoms. The van der Waals surface area contributed by atoms with E-state index >= 15 is 0 Å². The van der Waals surface area contributed by atoms with Gasteiger partial charge in [0.05, 0.1) is 17.9 Å². The standard InChI is InChI=1S/C16H24N4O2S2/c1-3-7-19-8-4-9-20-15(12-19)10-14(18-20)11-17-24(21,22)16-6-5-13(2)23-16/h5-6,10,17H,3-4,7-9,11-12H2,1-2H3. The normalized spacial score (nSPS) is 16.1. The minimum atomic E-state index is -3.46. The highest BCUT2D eigenvalue weighted by atomic mass is 32.2. The molecule has 6 nitrogen and oxygen atoms in total. The van der Waals surface area contributed by atoms with Crippen molar-refractivity contribution in [3.8, 4) is 0 Å². The number of fused-ring (bicyclic) bond motifs is 1. The van der Waals surface area contributed by atoms with Gasteiger partial charge >= 0.3 is 0 Å². The molecule has 0 amide bonds. The van der Waals surface area contributed by atoms with Crippen LogP contribution in [0.4, 0.5) is 0 Å². The van der Waals surface area contributed by atoms with Crippen molar-refractivity contribution in [1.82, 2.24) is 19.4 Å². The molecule has 3 rings (SSSR count). The summed E-state index contributed by atoms with van der Waals surface area (Å²) in [5, 5.41) is 4.57. The van der Waals surface area contributed by atoms with Crippen molar-refractivity contribution >= 4 is 21.4 Å². The van der Waals surface area contributed by atoms with Crippen LogP contribution in [0.5, 0.6) is 0 Å². The summed E-state index contributed by atoms with van der Waals surface area (Å²) in [6.07, 6.45) is 2.22. The molecule has 132 valence electrons. The summed E-state index contributed by atoms with van der Waals surface area (Å²) in [6.45, 7) is 8.28.